The molecule has 2 aromatic rings. The summed E-state index contributed by atoms with van der Waals surface area (Å²) in [5.74, 6) is -0.328. The first kappa shape index (κ1) is 11.4. The predicted molar refractivity (Wildman–Crippen MR) is 67.2 cm³/mol. The monoisotopic (exact) mass is 231 g/mol. The Kier molecular flexibility index (Phi) is 3.55. The van der Waals surface area contributed by atoms with Crippen LogP contribution in [0.15, 0.2) is 42.6 Å². The maximum absolute atomic E-state index is 13.4. The molecule has 88 valence electrons. The lowest BCUT2D eigenvalue weighted by Crippen LogP contribution is -2.09. The molecule has 3 N–H and O–H groups in total. The number of aromatic nitrogens is 1. The molecule has 4 heteroatoms. The normalized spacial score (nSPS) is 10.2. The van der Waals surface area contributed by atoms with Gasteiger partial charge >= 0.3 is 0 Å². The van der Waals surface area contributed by atoms with Gasteiger partial charge in [-0.1, -0.05) is 12.1 Å². The van der Waals surface area contributed by atoms with Crippen LogP contribution in [0.3, 0.4) is 0 Å². The number of para-hydroxylation sites is 1. The van der Waals surface area contributed by atoms with Crippen LogP contribution in [0.1, 0.15) is 5.69 Å². The van der Waals surface area contributed by atoms with Crippen molar-refractivity contribution in [1.29, 1.82) is 0 Å². The Labute approximate surface area is 99.5 Å². The first-order valence-corrected chi connectivity index (χ1v) is 5.45. The number of nitrogen functional groups attached to an aromatic ring is 1. The average molecular weight is 231 g/mol. The Morgan fingerprint density at radius 3 is 2.76 bits per heavy atom. The number of nitrogens with one attached hydrogen (secondary N) is 1. The largest absolute Gasteiger partial charge is 0.397 e. The summed E-state index contributed by atoms with van der Waals surface area (Å²) in [6.07, 6.45) is 2.47. The Bertz CT molecular complexity index is 465. The van der Waals surface area contributed by atoms with Gasteiger partial charge in [0, 0.05) is 24.9 Å². The molecule has 0 atom stereocenters. The molecular formula is C13H14FN3. The van der Waals surface area contributed by atoms with Crippen molar-refractivity contribution in [2.24, 2.45) is 0 Å². The molecule has 0 aliphatic rings. The van der Waals surface area contributed by atoms with Crippen LogP contribution in [0.2, 0.25) is 0 Å². The van der Waals surface area contributed by atoms with E-state index < -0.39 is 0 Å². The number of benzene rings is 1. The molecular weight excluding hydrogens is 217 g/mol. The Morgan fingerprint density at radius 1 is 1.18 bits per heavy atom. The second-order valence-corrected chi connectivity index (χ2v) is 3.70. The summed E-state index contributed by atoms with van der Waals surface area (Å²) in [7, 11) is 0. The van der Waals surface area contributed by atoms with Crippen molar-refractivity contribution in [3.8, 4) is 0 Å². The summed E-state index contributed by atoms with van der Waals surface area (Å²) in [4.78, 5) is 4.19. The maximum atomic E-state index is 13.4. The number of halogens is 1. The fourth-order valence-corrected chi connectivity index (χ4v) is 1.59. The molecule has 1 heterocycles. The van der Waals surface area contributed by atoms with Crippen LogP contribution in [0, 0.1) is 5.82 Å². The van der Waals surface area contributed by atoms with Crippen molar-refractivity contribution in [1.82, 2.24) is 4.98 Å². The highest BCUT2D eigenvalue weighted by molar-refractivity contribution is 5.66. The third-order valence-corrected chi connectivity index (χ3v) is 2.45. The molecule has 0 bridgehead atoms. The minimum Gasteiger partial charge on any atom is -0.397 e. The summed E-state index contributed by atoms with van der Waals surface area (Å²) < 4.78 is 13.4. The lowest BCUT2D eigenvalue weighted by molar-refractivity contribution is 0.630. The summed E-state index contributed by atoms with van der Waals surface area (Å²) >= 11 is 0. The van der Waals surface area contributed by atoms with Crippen molar-refractivity contribution < 1.29 is 4.39 Å². The number of pyridine rings is 1. The number of nitrogens with two attached hydrogens (primary N) is 1. The van der Waals surface area contributed by atoms with E-state index in [9.17, 15) is 4.39 Å². The molecule has 0 unspecified atom stereocenters. The first-order valence-electron chi connectivity index (χ1n) is 5.45. The number of hydrogen-bond donors (Lipinski definition) is 2. The zero-order valence-corrected chi connectivity index (χ0v) is 9.36. The van der Waals surface area contributed by atoms with Gasteiger partial charge < -0.3 is 11.1 Å². The van der Waals surface area contributed by atoms with Crippen LogP contribution in [0.25, 0.3) is 0 Å². The number of anilines is 2. The Morgan fingerprint density at radius 2 is 2.06 bits per heavy atom. The van der Waals surface area contributed by atoms with Crippen LogP contribution in [-0.2, 0) is 6.42 Å². The van der Waals surface area contributed by atoms with E-state index >= 15 is 0 Å². The predicted octanol–water partition coefficient (Wildman–Crippen LogP) is 2.46. The number of nitrogens with zero attached hydrogens (tertiary/aromatic N) is 1. The average Bonchev–Trinajstić information content (AvgIpc) is 2.34. The highest BCUT2D eigenvalue weighted by Crippen LogP contribution is 2.21. The van der Waals surface area contributed by atoms with E-state index in [2.05, 4.69) is 10.3 Å². The van der Waals surface area contributed by atoms with Gasteiger partial charge in [-0.3, -0.25) is 4.98 Å². The lowest BCUT2D eigenvalue weighted by atomic mass is 10.2. The van der Waals surface area contributed by atoms with Crippen LogP contribution in [-0.4, -0.2) is 11.5 Å². The van der Waals surface area contributed by atoms with Crippen LogP contribution >= 0.6 is 0 Å². The molecule has 17 heavy (non-hydrogen) atoms. The zero-order chi connectivity index (χ0) is 12.1. The second kappa shape index (κ2) is 5.30. The third kappa shape index (κ3) is 2.93. The minimum absolute atomic E-state index is 0.328. The summed E-state index contributed by atoms with van der Waals surface area (Å²) in [6.45, 7) is 0.599. The SMILES string of the molecule is Nc1cccc(F)c1NCCc1ccccn1. The molecule has 1 aromatic carbocycles. The van der Waals surface area contributed by atoms with Crippen LogP contribution < -0.4 is 11.1 Å². The van der Waals surface area contributed by atoms with E-state index in [1.165, 1.54) is 6.07 Å². The fraction of sp³-hybridized carbons (Fsp3) is 0.154. The molecule has 0 radical (unpaired) electrons. The minimum atomic E-state index is -0.328. The molecule has 0 saturated heterocycles. The highest BCUT2D eigenvalue weighted by atomic mass is 19.1. The van der Waals surface area contributed by atoms with Gasteiger partial charge in [0.1, 0.15) is 5.82 Å². The van der Waals surface area contributed by atoms with Crippen molar-refractivity contribution in [2.75, 3.05) is 17.6 Å². The summed E-state index contributed by atoms with van der Waals surface area (Å²) in [6, 6.07) is 10.4. The quantitative estimate of drug-likeness (QED) is 0.795. The standard InChI is InChI=1S/C13H14FN3/c14-11-5-3-6-12(15)13(11)17-9-7-10-4-1-2-8-16-10/h1-6,8,17H,7,9,15H2. The first-order chi connectivity index (χ1) is 8.27. The molecule has 0 saturated carbocycles. The summed E-state index contributed by atoms with van der Waals surface area (Å²) in [5, 5.41) is 2.99. The topological polar surface area (TPSA) is 50.9 Å². The van der Waals surface area contributed by atoms with Gasteiger partial charge in [-0.15, -0.1) is 0 Å². The van der Waals surface area contributed by atoms with E-state index in [1.807, 2.05) is 18.2 Å². The number of hydrogen-bond acceptors (Lipinski definition) is 3. The van der Waals surface area contributed by atoms with Gasteiger partial charge in [-0.05, 0) is 24.3 Å². The second-order valence-electron chi connectivity index (χ2n) is 3.70. The zero-order valence-electron chi connectivity index (χ0n) is 9.36. The number of rotatable bonds is 4. The van der Waals surface area contributed by atoms with Crippen molar-refractivity contribution >= 4 is 11.4 Å². The van der Waals surface area contributed by atoms with Gasteiger partial charge in [0.2, 0.25) is 0 Å². The van der Waals surface area contributed by atoms with Gasteiger partial charge in [-0.2, -0.15) is 0 Å². The van der Waals surface area contributed by atoms with Gasteiger partial charge in [0.05, 0.1) is 11.4 Å². The van der Waals surface area contributed by atoms with Gasteiger partial charge in [-0.25, -0.2) is 4.39 Å². The smallest absolute Gasteiger partial charge is 0.148 e. The highest BCUT2D eigenvalue weighted by Gasteiger charge is 2.04. The van der Waals surface area contributed by atoms with E-state index in [-0.39, 0.29) is 5.82 Å². The van der Waals surface area contributed by atoms with E-state index in [1.54, 1.807) is 18.3 Å². The third-order valence-electron chi connectivity index (χ3n) is 2.45. The van der Waals surface area contributed by atoms with Gasteiger partial charge in [0.25, 0.3) is 0 Å². The van der Waals surface area contributed by atoms with E-state index in [4.69, 9.17) is 5.73 Å². The van der Waals surface area contributed by atoms with Crippen molar-refractivity contribution in [3.05, 3.63) is 54.1 Å². The van der Waals surface area contributed by atoms with E-state index in [0.717, 1.165) is 12.1 Å². The molecule has 0 amide bonds. The lowest BCUT2D eigenvalue weighted by Gasteiger charge is -2.09. The maximum Gasteiger partial charge on any atom is 0.148 e. The van der Waals surface area contributed by atoms with E-state index in [0.29, 0.717) is 17.9 Å². The van der Waals surface area contributed by atoms with Gasteiger partial charge in [0.15, 0.2) is 0 Å². The molecule has 3 nitrogen and oxygen atoms in total. The van der Waals surface area contributed by atoms with Crippen LogP contribution in [0.4, 0.5) is 15.8 Å². The molecule has 0 aliphatic heterocycles. The molecule has 0 fully saturated rings. The Balaban J connectivity index is 1.95. The fourth-order valence-electron chi connectivity index (χ4n) is 1.59. The molecule has 0 aliphatic carbocycles. The van der Waals surface area contributed by atoms with Crippen LogP contribution in [0.5, 0.6) is 0 Å². The Hall–Kier alpha value is -2.10. The van der Waals surface area contributed by atoms with Crippen molar-refractivity contribution in [2.45, 2.75) is 6.42 Å². The summed E-state index contributed by atoms with van der Waals surface area (Å²) in [5.41, 5.74) is 7.44. The van der Waals surface area contributed by atoms with Crippen molar-refractivity contribution in [3.63, 3.8) is 0 Å². The molecule has 2 rings (SSSR count). The molecule has 1 aromatic heterocycles. The molecule has 0 spiro atoms.